The average Bonchev–Trinajstić information content (AvgIpc) is 3.26. The highest BCUT2D eigenvalue weighted by molar-refractivity contribution is 7.15. The molecule has 4 heterocycles. The van der Waals surface area contributed by atoms with Crippen LogP contribution in [-0.4, -0.2) is 43.1 Å². The topological polar surface area (TPSA) is 82.6 Å². The second-order valence-electron chi connectivity index (χ2n) is 6.73. The van der Waals surface area contributed by atoms with E-state index in [1.54, 1.807) is 29.9 Å². The summed E-state index contributed by atoms with van der Waals surface area (Å²) in [6, 6.07) is 2.03. The van der Waals surface area contributed by atoms with Crippen molar-refractivity contribution < 1.29 is 0 Å². The minimum Gasteiger partial charge on any atom is -0.315 e. The number of likely N-dealkylation sites (tertiary alicyclic amines) is 1. The molecule has 1 atom stereocenters. The number of thiazole rings is 1. The van der Waals surface area contributed by atoms with Crippen molar-refractivity contribution in [3.8, 4) is 0 Å². The van der Waals surface area contributed by atoms with Gasteiger partial charge in [0.25, 0.3) is 0 Å². The molecule has 0 bridgehead atoms. The molecule has 0 saturated carbocycles. The van der Waals surface area contributed by atoms with Crippen molar-refractivity contribution in [2.24, 2.45) is 0 Å². The van der Waals surface area contributed by atoms with Crippen LogP contribution in [0.3, 0.4) is 0 Å². The van der Waals surface area contributed by atoms with Gasteiger partial charge < -0.3 is 5.32 Å². The van der Waals surface area contributed by atoms with Crippen LogP contribution in [0.5, 0.6) is 0 Å². The summed E-state index contributed by atoms with van der Waals surface area (Å²) in [7, 11) is 0. The highest BCUT2D eigenvalue weighted by atomic mass is 32.1. The molecule has 7 nitrogen and oxygen atoms in total. The smallest absolute Gasteiger partial charge is 0.188 e. The van der Waals surface area contributed by atoms with E-state index in [1.807, 2.05) is 13.0 Å². The van der Waals surface area contributed by atoms with Crippen LogP contribution in [-0.2, 0) is 6.54 Å². The highest BCUT2D eigenvalue weighted by Crippen LogP contribution is 2.32. The Hall–Kier alpha value is -2.32. The van der Waals surface area contributed by atoms with Crippen LogP contribution in [0.4, 0.5) is 10.9 Å². The first-order chi connectivity index (χ1) is 12.7. The molecule has 1 aliphatic rings. The fraction of sp³-hybridized carbons (Fsp3) is 0.444. The van der Waals surface area contributed by atoms with Gasteiger partial charge in [-0.2, -0.15) is 5.10 Å². The molecule has 2 N–H and O–H groups in total. The predicted octanol–water partition coefficient (Wildman–Crippen LogP) is 3.40. The molecule has 0 radical (unpaired) electrons. The number of piperidine rings is 1. The number of anilines is 2. The second-order valence-corrected chi connectivity index (χ2v) is 7.94. The number of nitrogens with zero attached hydrogens (tertiary/aromatic N) is 5. The minimum absolute atomic E-state index is 0.366. The molecule has 1 aliphatic heterocycles. The van der Waals surface area contributed by atoms with Crippen molar-refractivity contribution in [3.05, 3.63) is 46.6 Å². The van der Waals surface area contributed by atoms with Crippen LogP contribution in [0, 0.1) is 13.8 Å². The van der Waals surface area contributed by atoms with Crippen molar-refractivity contribution in [1.82, 2.24) is 30.0 Å². The van der Waals surface area contributed by atoms with E-state index in [2.05, 4.69) is 42.3 Å². The molecular weight excluding hydrogens is 346 g/mol. The number of nitrogens with one attached hydrogen (secondary N) is 2. The van der Waals surface area contributed by atoms with Gasteiger partial charge in [0.15, 0.2) is 10.9 Å². The Morgan fingerprint density at radius 3 is 2.92 bits per heavy atom. The molecule has 8 heteroatoms. The van der Waals surface area contributed by atoms with Gasteiger partial charge in [0.1, 0.15) is 0 Å². The fourth-order valence-corrected chi connectivity index (χ4v) is 4.22. The third kappa shape index (κ3) is 3.76. The lowest BCUT2D eigenvalue weighted by atomic mass is 9.94. The molecule has 1 fully saturated rings. The Labute approximate surface area is 156 Å². The zero-order valence-corrected chi connectivity index (χ0v) is 15.9. The molecule has 136 valence electrons. The Morgan fingerprint density at radius 1 is 1.27 bits per heavy atom. The third-order valence-corrected chi connectivity index (χ3v) is 5.81. The zero-order chi connectivity index (χ0) is 17.9. The molecule has 0 aromatic carbocycles. The molecule has 26 heavy (non-hydrogen) atoms. The monoisotopic (exact) mass is 369 g/mol. The van der Waals surface area contributed by atoms with Gasteiger partial charge in [-0.25, -0.2) is 9.97 Å². The van der Waals surface area contributed by atoms with Crippen molar-refractivity contribution in [2.75, 3.05) is 18.4 Å². The summed E-state index contributed by atoms with van der Waals surface area (Å²) in [5, 5.41) is 11.4. The Morgan fingerprint density at radius 2 is 2.15 bits per heavy atom. The van der Waals surface area contributed by atoms with Crippen molar-refractivity contribution in [2.45, 2.75) is 39.2 Å². The first-order valence-corrected chi connectivity index (χ1v) is 9.73. The number of aromatic amines is 1. The summed E-state index contributed by atoms with van der Waals surface area (Å²) >= 11 is 1.66. The standard InChI is InChI=1S/C18H23N7S/c1-12-13(2)26-18(22-12)23-17-16(19-7-8-20-17)14-4-3-9-25(10-14)11-15-5-6-21-24-15/h5-8,14H,3-4,9-11H2,1-2H3,(H,21,24)(H,20,22,23). The quantitative estimate of drug-likeness (QED) is 0.717. The van der Waals surface area contributed by atoms with Crippen LogP contribution in [0.15, 0.2) is 24.7 Å². The Kier molecular flexibility index (Phi) is 4.94. The van der Waals surface area contributed by atoms with Gasteiger partial charge >= 0.3 is 0 Å². The van der Waals surface area contributed by atoms with E-state index in [0.29, 0.717) is 5.92 Å². The largest absolute Gasteiger partial charge is 0.315 e. The Bertz CT molecular complexity index is 839. The van der Waals surface area contributed by atoms with Crippen LogP contribution in [0.2, 0.25) is 0 Å². The summed E-state index contributed by atoms with van der Waals surface area (Å²) in [5.74, 6) is 1.19. The lowest BCUT2D eigenvalue weighted by Gasteiger charge is -2.32. The van der Waals surface area contributed by atoms with Crippen molar-refractivity contribution >= 4 is 22.3 Å². The SMILES string of the molecule is Cc1nc(Nc2nccnc2C2CCCN(Cc3ccn[nH]3)C2)sc1C. The van der Waals surface area contributed by atoms with Gasteiger partial charge in [-0.15, -0.1) is 11.3 Å². The average molecular weight is 369 g/mol. The molecular formula is C18H23N7S. The number of aromatic nitrogens is 5. The lowest BCUT2D eigenvalue weighted by molar-refractivity contribution is 0.196. The maximum absolute atomic E-state index is 4.66. The number of hydrogen-bond donors (Lipinski definition) is 2. The molecule has 0 aliphatic carbocycles. The maximum atomic E-state index is 4.66. The molecule has 1 saturated heterocycles. The third-order valence-electron chi connectivity index (χ3n) is 4.82. The first-order valence-electron chi connectivity index (χ1n) is 8.91. The van der Waals surface area contributed by atoms with Gasteiger partial charge in [-0.3, -0.25) is 15.0 Å². The van der Waals surface area contributed by atoms with E-state index < -0.39 is 0 Å². The summed E-state index contributed by atoms with van der Waals surface area (Å²) in [6.07, 6.45) is 7.61. The lowest BCUT2D eigenvalue weighted by Crippen LogP contribution is -2.34. The second kappa shape index (κ2) is 7.51. The zero-order valence-electron chi connectivity index (χ0n) is 15.1. The van der Waals surface area contributed by atoms with Crippen LogP contribution in [0.25, 0.3) is 0 Å². The van der Waals surface area contributed by atoms with Gasteiger partial charge in [-0.1, -0.05) is 0 Å². The highest BCUT2D eigenvalue weighted by Gasteiger charge is 2.25. The van der Waals surface area contributed by atoms with Gasteiger partial charge in [0, 0.05) is 48.2 Å². The van der Waals surface area contributed by atoms with E-state index in [9.17, 15) is 0 Å². The van der Waals surface area contributed by atoms with Gasteiger partial charge in [0.2, 0.25) is 0 Å². The number of H-pyrrole nitrogens is 1. The number of rotatable bonds is 5. The van der Waals surface area contributed by atoms with E-state index in [4.69, 9.17) is 0 Å². The molecule has 3 aromatic rings. The first kappa shape index (κ1) is 17.1. The predicted molar refractivity (Wildman–Crippen MR) is 103 cm³/mol. The summed E-state index contributed by atoms with van der Waals surface area (Å²) in [6.45, 7) is 7.09. The Balaban J connectivity index is 1.51. The van der Waals surface area contributed by atoms with Crippen molar-refractivity contribution in [1.29, 1.82) is 0 Å². The molecule has 0 amide bonds. The number of hydrogen-bond acceptors (Lipinski definition) is 7. The maximum Gasteiger partial charge on any atom is 0.188 e. The van der Waals surface area contributed by atoms with E-state index >= 15 is 0 Å². The van der Waals surface area contributed by atoms with Crippen LogP contribution in [0.1, 0.15) is 40.7 Å². The molecule has 1 unspecified atom stereocenters. The summed E-state index contributed by atoms with van der Waals surface area (Å²) in [5.41, 5.74) is 3.25. The van der Waals surface area contributed by atoms with Gasteiger partial charge in [0.05, 0.1) is 11.4 Å². The number of aryl methyl sites for hydroxylation is 2. The van der Waals surface area contributed by atoms with Crippen molar-refractivity contribution in [3.63, 3.8) is 0 Å². The molecule has 0 spiro atoms. The van der Waals surface area contributed by atoms with Crippen LogP contribution < -0.4 is 5.32 Å². The fourth-order valence-electron chi connectivity index (χ4n) is 3.41. The normalized spacial score (nSPS) is 18.2. The van der Waals surface area contributed by atoms with Crippen LogP contribution >= 0.6 is 11.3 Å². The minimum atomic E-state index is 0.366. The van der Waals surface area contributed by atoms with E-state index in [1.165, 1.54) is 4.88 Å². The van der Waals surface area contributed by atoms with Gasteiger partial charge in [-0.05, 0) is 39.3 Å². The molecule has 4 rings (SSSR count). The molecule has 3 aromatic heterocycles. The summed E-state index contributed by atoms with van der Waals surface area (Å²) in [4.78, 5) is 17.5. The summed E-state index contributed by atoms with van der Waals surface area (Å²) < 4.78 is 0. The van der Waals surface area contributed by atoms with E-state index in [0.717, 1.165) is 60.5 Å². The van der Waals surface area contributed by atoms with E-state index in [-0.39, 0.29) is 0 Å².